The number of rotatable bonds is 5. The Bertz CT molecular complexity index is 1180. The first-order chi connectivity index (χ1) is 16.5. The Hall–Kier alpha value is -3.77. The number of aliphatic carboxylic acids is 1. The number of carbonyl (C=O) groups is 2. The van der Waals surface area contributed by atoms with Gasteiger partial charge in [-0.05, 0) is 43.7 Å². The standard InChI is InChI=1S/C21H23N5O2.C2HF3O2/c1-15-7-8-16(11-18(15)20(27)23-17-5-3-2-4-6-17)19-12-26(25-24-19)14-21(28)9-10-22-13-21;3-2(4,5)1(6)7/h2-8,11-12,22,28H,9-10,13-14H2,1H3,(H,23,27);(H,6,7). The molecule has 0 spiro atoms. The number of aromatic nitrogens is 3. The number of aryl methyl sites for hydroxylation is 1. The third kappa shape index (κ3) is 7.11. The van der Waals surface area contributed by atoms with Crippen molar-refractivity contribution in [2.24, 2.45) is 0 Å². The zero-order valence-electron chi connectivity index (χ0n) is 18.7. The second-order valence-corrected chi connectivity index (χ2v) is 8.11. The molecule has 2 aromatic carbocycles. The molecule has 9 nitrogen and oxygen atoms in total. The van der Waals surface area contributed by atoms with Crippen LogP contribution in [0.4, 0.5) is 18.9 Å². The summed E-state index contributed by atoms with van der Waals surface area (Å²) in [5, 5.41) is 32.1. The van der Waals surface area contributed by atoms with Crippen molar-refractivity contribution in [3.8, 4) is 11.3 Å². The molecule has 1 fully saturated rings. The zero-order chi connectivity index (χ0) is 25.6. The molecular formula is C23H24F3N5O4. The number of carbonyl (C=O) groups excluding carboxylic acids is 1. The molecule has 1 unspecified atom stereocenters. The summed E-state index contributed by atoms with van der Waals surface area (Å²) in [7, 11) is 0. The molecule has 1 atom stereocenters. The van der Waals surface area contributed by atoms with E-state index in [1.165, 1.54) is 0 Å². The van der Waals surface area contributed by atoms with Gasteiger partial charge >= 0.3 is 12.1 Å². The minimum absolute atomic E-state index is 0.163. The maximum absolute atomic E-state index is 12.7. The molecule has 0 bridgehead atoms. The Kier molecular flexibility index (Phi) is 7.87. The first kappa shape index (κ1) is 25.8. The van der Waals surface area contributed by atoms with E-state index in [0.717, 1.165) is 23.4 Å². The Morgan fingerprint density at radius 3 is 2.49 bits per heavy atom. The van der Waals surface area contributed by atoms with Crippen LogP contribution in [-0.2, 0) is 11.3 Å². The maximum Gasteiger partial charge on any atom is 0.490 e. The highest BCUT2D eigenvalue weighted by molar-refractivity contribution is 6.05. The van der Waals surface area contributed by atoms with Gasteiger partial charge in [-0.1, -0.05) is 35.5 Å². The van der Waals surface area contributed by atoms with Crippen molar-refractivity contribution in [1.29, 1.82) is 0 Å². The van der Waals surface area contributed by atoms with Crippen LogP contribution < -0.4 is 10.6 Å². The molecule has 4 rings (SSSR count). The lowest BCUT2D eigenvalue weighted by molar-refractivity contribution is -0.192. The smallest absolute Gasteiger partial charge is 0.475 e. The molecule has 12 heteroatoms. The number of carboxylic acid groups (broad SMARTS) is 1. The van der Waals surface area contributed by atoms with Crippen LogP contribution in [0.5, 0.6) is 0 Å². The Balaban J connectivity index is 0.000000429. The first-order valence-electron chi connectivity index (χ1n) is 10.6. The molecule has 35 heavy (non-hydrogen) atoms. The number of benzene rings is 2. The molecule has 0 aliphatic carbocycles. The van der Waals surface area contributed by atoms with E-state index in [2.05, 4.69) is 20.9 Å². The molecule has 3 aromatic rings. The third-order valence-corrected chi connectivity index (χ3v) is 5.27. The van der Waals surface area contributed by atoms with Gasteiger partial charge in [0, 0.05) is 23.4 Å². The normalized spacial score (nSPS) is 17.4. The van der Waals surface area contributed by atoms with Gasteiger partial charge in [-0.2, -0.15) is 13.2 Å². The lowest BCUT2D eigenvalue weighted by Crippen LogP contribution is -2.36. The van der Waals surface area contributed by atoms with E-state index >= 15 is 0 Å². The number of para-hydroxylation sites is 1. The maximum atomic E-state index is 12.7. The third-order valence-electron chi connectivity index (χ3n) is 5.27. The Morgan fingerprint density at radius 1 is 1.20 bits per heavy atom. The van der Waals surface area contributed by atoms with Crippen LogP contribution in [0.15, 0.2) is 54.7 Å². The highest BCUT2D eigenvalue weighted by atomic mass is 19.4. The number of alkyl halides is 3. The van der Waals surface area contributed by atoms with Crippen LogP contribution >= 0.6 is 0 Å². The molecule has 2 heterocycles. The summed E-state index contributed by atoms with van der Waals surface area (Å²) in [4.78, 5) is 21.6. The minimum Gasteiger partial charge on any atom is -0.475 e. The van der Waals surface area contributed by atoms with Gasteiger partial charge < -0.3 is 20.8 Å². The van der Waals surface area contributed by atoms with Crippen molar-refractivity contribution >= 4 is 17.6 Å². The SMILES string of the molecule is Cc1ccc(-c2cn(CC3(O)CCNC3)nn2)cc1C(=O)Nc1ccccc1.O=C(O)C(F)(F)F. The zero-order valence-corrected chi connectivity index (χ0v) is 18.7. The minimum atomic E-state index is -5.08. The molecular weight excluding hydrogens is 467 g/mol. The second-order valence-electron chi connectivity index (χ2n) is 8.11. The summed E-state index contributed by atoms with van der Waals surface area (Å²) >= 11 is 0. The number of halogens is 3. The lowest BCUT2D eigenvalue weighted by Gasteiger charge is -2.20. The van der Waals surface area contributed by atoms with E-state index < -0.39 is 17.7 Å². The number of hydrogen-bond donors (Lipinski definition) is 4. The fourth-order valence-corrected chi connectivity index (χ4v) is 3.42. The molecule has 1 amide bonds. The predicted octanol–water partition coefficient (Wildman–Crippen LogP) is 2.86. The molecule has 1 saturated heterocycles. The average molecular weight is 491 g/mol. The van der Waals surface area contributed by atoms with Crippen molar-refractivity contribution in [3.05, 3.63) is 65.9 Å². The van der Waals surface area contributed by atoms with E-state index in [1.807, 2.05) is 55.5 Å². The first-order valence-corrected chi connectivity index (χ1v) is 10.6. The summed E-state index contributed by atoms with van der Waals surface area (Å²) in [5.41, 5.74) is 2.92. The van der Waals surface area contributed by atoms with Gasteiger partial charge in [-0.15, -0.1) is 5.10 Å². The molecule has 0 saturated carbocycles. The quantitative estimate of drug-likeness (QED) is 0.432. The number of nitrogens with one attached hydrogen (secondary N) is 2. The predicted molar refractivity (Wildman–Crippen MR) is 121 cm³/mol. The lowest BCUT2D eigenvalue weighted by atomic mass is 10.0. The van der Waals surface area contributed by atoms with Gasteiger partial charge in [0.15, 0.2) is 0 Å². The van der Waals surface area contributed by atoms with E-state index in [9.17, 15) is 23.1 Å². The van der Waals surface area contributed by atoms with Crippen molar-refractivity contribution in [2.75, 3.05) is 18.4 Å². The molecule has 1 aromatic heterocycles. The van der Waals surface area contributed by atoms with E-state index in [4.69, 9.17) is 9.90 Å². The van der Waals surface area contributed by atoms with Gasteiger partial charge in [0.2, 0.25) is 0 Å². The van der Waals surface area contributed by atoms with Crippen molar-refractivity contribution in [2.45, 2.75) is 31.7 Å². The monoisotopic (exact) mass is 491 g/mol. The fourth-order valence-electron chi connectivity index (χ4n) is 3.42. The van der Waals surface area contributed by atoms with Gasteiger partial charge in [-0.25, -0.2) is 9.48 Å². The van der Waals surface area contributed by atoms with Crippen LogP contribution in [-0.4, -0.2) is 62.0 Å². The van der Waals surface area contributed by atoms with Crippen LogP contribution in [0.3, 0.4) is 0 Å². The largest absolute Gasteiger partial charge is 0.490 e. The van der Waals surface area contributed by atoms with Crippen LogP contribution in [0.1, 0.15) is 22.3 Å². The molecule has 4 N–H and O–H groups in total. The van der Waals surface area contributed by atoms with E-state index in [1.54, 1.807) is 10.9 Å². The van der Waals surface area contributed by atoms with E-state index in [0.29, 0.717) is 30.8 Å². The average Bonchev–Trinajstić information content (AvgIpc) is 3.44. The number of anilines is 1. The summed E-state index contributed by atoms with van der Waals surface area (Å²) in [6.07, 6.45) is -2.59. The van der Waals surface area contributed by atoms with Crippen molar-refractivity contribution in [3.63, 3.8) is 0 Å². The summed E-state index contributed by atoms with van der Waals surface area (Å²) < 4.78 is 33.4. The summed E-state index contributed by atoms with van der Waals surface area (Å²) in [5.74, 6) is -2.92. The molecule has 1 aliphatic heterocycles. The topological polar surface area (TPSA) is 129 Å². The van der Waals surface area contributed by atoms with Gasteiger partial charge in [0.05, 0.1) is 18.3 Å². The number of amides is 1. The highest BCUT2D eigenvalue weighted by Gasteiger charge is 2.38. The van der Waals surface area contributed by atoms with Crippen molar-refractivity contribution < 1.29 is 33.0 Å². The highest BCUT2D eigenvalue weighted by Crippen LogP contribution is 2.23. The summed E-state index contributed by atoms with van der Waals surface area (Å²) in [6.45, 7) is 3.65. The number of β-amino-alcohol motifs (C(OH)–C–C–N with tert-alkyl or cyclic N) is 1. The Labute approximate surface area is 198 Å². The number of nitrogens with zero attached hydrogens (tertiary/aromatic N) is 3. The van der Waals surface area contributed by atoms with Crippen molar-refractivity contribution in [1.82, 2.24) is 20.3 Å². The number of aliphatic hydroxyl groups is 1. The molecule has 1 aliphatic rings. The van der Waals surface area contributed by atoms with Gasteiger partial charge in [-0.3, -0.25) is 4.79 Å². The van der Waals surface area contributed by atoms with Crippen LogP contribution in [0.25, 0.3) is 11.3 Å². The number of carboxylic acids is 1. The number of hydrogen-bond acceptors (Lipinski definition) is 6. The molecule has 186 valence electrons. The summed E-state index contributed by atoms with van der Waals surface area (Å²) in [6, 6.07) is 15.0. The van der Waals surface area contributed by atoms with Gasteiger partial charge in [0.25, 0.3) is 5.91 Å². The Morgan fingerprint density at radius 2 is 1.89 bits per heavy atom. The van der Waals surface area contributed by atoms with E-state index in [-0.39, 0.29) is 5.91 Å². The second kappa shape index (κ2) is 10.7. The van der Waals surface area contributed by atoms with Crippen LogP contribution in [0, 0.1) is 6.92 Å². The van der Waals surface area contributed by atoms with Gasteiger partial charge in [0.1, 0.15) is 5.69 Å². The molecule has 0 radical (unpaired) electrons. The fraction of sp³-hybridized carbons (Fsp3) is 0.304. The van der Waals surface area contributed by atoms with Crippen LogP contribution in [0.2, 0.25) is 0 Å².